The summed E-state index contributed by atoms with van der Waals surface area (Å²) < 4.78 is 8.59. The van der Waals surface area contributed by atoms with Crippen molar-refractivity contribution in [2.45, 2.75) is 0 Å². The Morgan fingerprint density at radius 2 is 1.80 bits per heavy atom. The van der Waals surface area contributed by atoms with E-state index in [4.69, 9.17) is 14.4 Å². The minimum absolute atomic E-state index is 0. The summed E-state index contributed by atoms with van der Waals surface area (Å²) in [6, 6.07) is 0. The average Bonchev–Trinajstić information content (AvgIpc) is 0.811. The second-order valence-electron chi connectivity index (χ2n) is 0.238. The van der Waals surface area contributed by atoms with Gasteiger partial charge in [-0.05, 0) is 4.57 Å². The normalized spacial score (nSPS) is 8.80. The molecule has 0 aliphatic carbocycles. The monoisotopic (exact) mass is 107 g/mol. The van der Waals surface area contributed by atoms with E-state index in [-0.39, 0.29) is 17.4 Å². The maximum absolute atomic E-state index is 8.59. The minimum Gasteiger partial charge on any atom is -0.567 e. The van der Waals surface area contributed by atoms with Crippen molar-refractivity contribution in [3.8, 4) is 0 Å². The summed E-state index contributed by atoms with van der Waals surface area (Å²) in [5.74, 6) is 0. The maximum atomic E-state index is 8.59. The Bertz CT molecular complexity index is 29.9. The van der Waals surface area contributed by atoms with Gasteiger partial charge in [0.1, 0.15) is 0 Å². The van der Waals surface area contributed by atoms with Crippen molar-refractivity contribution in [3.63, 3.8) is 0 Å². The number of rotatable bonds is 0. The van der Waals surface area contributed by atoms with E-state index < -0.39 is 8.25 Å². The first kappa shape index (κ1) is 9.12. The summed E-state index contributed by atoms with van der Waals surface area (Å²) in [6.45, 7) is 0. The molecule has 1 atom stereocenters. The second kappa shape index (κ2) is 4.55. The van der Waals surface area contributed by atoms with Crippen LogP contribution in [0.3, 0.4) is 0 Å². The highest BCUT2D eigenvalue weighted by Gasteiger charge is 1.73. The van der Waals surface area contributed by atoms with Crippen LogP contribution in [0.5, 0.6) is 0 Å². The molecule has 3 nitrogen and oxygen atoms in total. The van der Waals surface area contributed by atoms with Gasteiger partial charge in [-0.3, -0.25) is 0 Å². The van der Waals surface area contributed by atoms with Gasteiger partial charge in [-0.25, -0.2) is 0 Å². The lowest BCUT2D eigenvalue weighted by Crippen LogP contribution is -1.78. The Labute approximate surface area is 40.7 Å². The first-order valence-electron chi connectivity index (χ1n) is 0.565. The van der Waals surface area contributed by atoms with Crippen molar-refractivity contribution < 1.29 is 14.4 Å². The summed E-state index contributed by atoms with van der Waals surface area (Å²) in [4.78, 5) is 15.6. The molecule has 27 valence electrons. The Morgan fingerprint density at radius 3 is 1.80 bits per heavy atom. The molecule has 0 aromatic carbocycles. The first-order chi connectivity index (χ1) is 1.73. The van der Waals surface area contributed by atoms with Crippen LogP contribution in [0.15, 0.2) is 0 Å². The van der Waals surface area contributed by atoms with Crippen molar-refractivity contribution in [1.82, 2.24) is 0 Å². The molecule has 0 spiro atoms. The highest BCUT2D eigenvalue weighted by molar-refractivity contribution is 7.29. The van der Waals surface area contributed by atoms with Crippen molar-refractivity contribution in [2.24, 2.45) is 0 Å². The summed E-state index contributed by atoms with van der Waals surface area (Å²) >= 11 is 0. The predicted octanol–water partition coefficient (Wildman–Crippen LogP) is -1.38. The van der Waals surface area contributed by atoms with E-state index in [0.717, 1.165) is 0 Å². The lowest BCUT2D eigenvalue weighted by molar-refractivity contribution is -0.180. The molecule has 0 saturated carbocycles. The molecule has 5 heavy (non-hydrogen) atoms. The van der Waals surface area contributed by atoms with Crippen LogP contribution in [0.4, 0.5) is 0 Å². The lowest BCUT2D eigenvalue weighted by atomic mass is 15.8. The third-order valence-electron chi connectivity index (χ3n) is 0. The zero-order valence-corrected chi connectivity index (χ0v) is 4.34. The molecule has 5 heteroatoms. The molecular formula is HAlO3P. The van der Waals surface area contributed by atoms with Gasteiger partial charge >= 0.3 is 8.25 Å². The third-order valence-corrected chi connectivity index (χ3v) is 0. The molecular weight excluding hydrogens is 106 g/mol. The largest absolute Gasteiger partial charge is 0.567 e. The van der Waals surface area contributed by atoms with Crippen LogP contribution in [-0.2, 0) is 4.57 Å². The molecule has 0 fully saturated rings. The Balaban J connectivity index is 0. The van der Waals surface area contributed by atoms with Gasteiger partial charge in [-0.15, -0.1) is 0 Å². The van der Waals surface area contributed by atoms with Crippen molar-refractivity contribution in [1.29, 1.82) is 0 Å². The van der Waals surface area contributed by atoms with Crippen LogP contribution < -0.4 is 4.89 Å². The molecule has 1 unspecified atom stereocenters. The molecule has 0 aliphatic heterocycles. The standard InChI is InChI=1S/Al.HO3P/c;1-4(2)3/h;(H,1,2,3). The Hall–Kier alpha value is 0.552. The molecule has 0 aromatic heterocycles. The molecule has 0 amide bonds. The zero-order valence-electron chi connectivity index (χ0n) is 2.29. The molecule has 0 heterocycles. The Kier molecular flexibility index (Phi) is 8.30. The molecule has 0 bridgehead atoms. The van der Waals surface area contributed by atoms with Gasteiger partial charge in [0.15, 0.2) is 0 Å². The van der Waals surface area contributed by atoms with Gasteiger partial charge in [-0.1, -0.05) is 0 Å². The van der Waals surface area contributed by atoms with Crippen LogP contribution in [-0.4, -0.2) is 22.3 Å². The predicted molar refractivity (Wildman–Crippen MR) is 15.6 cm³/mol. The smallest absolute Gasteiger partial charge is 0.485 e. The van der Waals surface area contributed by atoms with Gasteiger partial charge in [0.2, 0.25) is 0 Å². The summed E-state index contributed by atoms with van der Waals surface area (Å²) in [7, 11) is -3.12. The fraction of sp³-hybridized carbons (Fsp3) is 0. The molecule has 0 aliphatic rings. The Morgan fingerprint density at radius 1 is 1.80 bits per heavy atom. The van der Waals surface area contributed by atoms with Crippen LogP contribution >= 0.6 is 8.25 Å². The van der Waals surface area contributed by atoms with Crippen LogP contribution in [0, 0.1) is 0 Å². The van der Waals surface area contributed by atoms with Crippen molar-refractivity contribution >= 4 is 25.6 Å². The van der Waals surface area contributed by atoms with E-state index >= 15 is 0 Å². The summed E-state index contributed by atoms with van der Waals surface area (Å²) in [5.41, 5.74) is 0. The van der Waals surface area contributed by atoms with E-state index in [2.05, 4.69) is 0 Å². The zero-order chi connectivity index (χ0) is 3.58. The van der Waals surface area contributed by atoms with E-state index in [1.807, 2.05) is 0 Å². The first-order valence-corrected chi connectivity index (χ1v) is 1.70. The van der Waals surface area contributed by atoms with E-state index in [1.54, 1.807) is 0 Å². The fourth-order valence-corrected chi connectivity index (χ4v) is 0. The molecule has 0 rings (SSSR count). The van der Waals surface area contributed by atoms with Crippen LogP contribution in [0.1, 0.15) is 0 Å². The van der Waals surface area contributed by atoms with Crippen LogP contribution in [0.2, 0.25) is 0 Å². The molecule has 0 aromatic rings. The lowest BCUT2D eigenvalue weighted by Gasteiger charge is -1.56. The van der Waals surface area contributed by atoms with Crippen molar-refractivity contribution in [2.75, 3.05) is 0 Å². The van der Waals surface area contributed by atoms with Crippen molar-refractivity contribution in [3.05, 3.63) is 0 Å². The summed E-state index contributed by atoms with van der Waals surface area (Å²) in [6.07, 6.45) is 0. The van der Waals surface area contributed by atoms with Gasteiger partial charge in [0.25, 0.3) is 0 Å². The topological polar surface area (TPSA) is 60.4 Å². The van der Waals surface area contributed by atoms with E-state index in [1.165, 1.54) is 0 Å². The average molecular weight is 107 g/mol. The second-order valence-corrected chi connectivity index (χ2v) is 0.714. The minimum atomic E-state index is -3.12. The van der Waals surface area contributed by atoms with E-state index in [0.29, 0.717) is 0 Å². The van der Waals surface area contributed by atoms with Crippen LogP contribution in [0.25, 0.3) is 0 Å². The number of hydrogen-bond donors (Lipinski definition) is 1. The highest BCUT2D eigenvalue weighted by atomic mass is 31.1. The molecule has 3 radical (unpaired) electrons. The quantitative estimate of drug-likeness (QED) is 0.306. The molecule has 0 saturated heterocycles. The maximum Gasteiger partial charge on any atom is 0.485 e. The van der Waals surface area contributed by atoms with Gasteiger partial charge in [-0.2, -0.15) is 4.89 Å². The molecule has 1 N–H and O–H groups in total. The fourth-order valence-electron chi connectivity index (χ4n) is 0. The number of hydrogen-bond acceptors (Lipinski definition) is 2. The summed E-state index contributed by atoms with van der Waals surface area (Å²) in [5, 5.41) is 0. The third kappa shape index (κ3) is 97.2. The van der Waals surface area contributed by atoms with Gasteiger partial charge < -0.3 is 4.89 Å². The SMILES string of the molecule is O=[P+]([O-])O.[Al]. The van der Waals surface area contributed by atoms with Gasteiger partial charge in [0.05, 0.1) is 0 Å². The highest BCUT2D eigenvalue weighted by Crippen LogP contribution is 1.89. The van der Waals surface area contributed by atoms with E-state index in [9.17, 15) is 0 Å². The van der Waals surface area contributed by atoms with Gasteiger partial charge in [0, 0.05) is 17.4 Å².